The maximum atomic E-state index is 4.23. The van der Waals surface area contributed by atoms with Gasteiger partial charge in [0, 0.05) is 31.4 Å². The van der Waals surface area contributed by atoms with E-state index < -0.39 is 0 Å². The van der Waals surface area contributed by atoms with E-state index in [1.807, 2.05) is 12.4 Å². The molecule has 0 saturated heterocycles. The molecule has 0 radical (unpaired) electrons. The quantitative estimate of drug-likeness (QED) is 0.819. The molecule has 0 bridgehead atoms. The molecule has 16 heavy (non-hydrogen) atoms. The van der Waals surface area contributed by atoms with Crippen molar-refractivity contribution in [1.29, 1.82) is 0 Å². The summed E-state index contributed by atoms with van der Waals surface area (Å²) in [6, 6.07) is 0.714. The lowest BCUT2D eigenvalue weighted by Crippen LogP contribution is -2.40. The minimum Gasteiger partial charge on any atom is -0.349 e. The first-order valence-corrected chi connectivity index (χ1v) is 6.47. The summed E-state index contributed by atoms with van der Waals surface area (Å²) < 4.78 is 0. The summed E-state index contributed by atoms with van der Waals surface area (Å²) in [6.45, 7) is 5.78. The molecule has 1 fully saturated rings. The smallest absolute Gasteiger partial charge is 0.107 e. The molecule has 3 unspecified atom stereocenters. The predicted molar refractivity (Wildman–Crippen MR) is 66.3 cm³/mol. The van der Waals surface area contributed by atoms with Gasteiger partial charge in [-0.1, -0.05) is 13.8 Å². The highest BCUT2D eigenvalue weighted by molar-refractivity contribution is 4.88. The number of rotatable bonds is 4. The summed E-state index contributed by atoms with van der Waals surface area (Å²) in [5.74, 6) is 2.82. The molecule has 3 heteroatoms. The van der Waals surface area contributed by atoms with E-state index in [0.29, 0.717) is 6.04 Å². The van der Waals surface area contributed by atoms with Crippen molar-refractivity contribution in [2.75, 3.05) is 6.54 Å². The van der Waals surface area contributed by atoms with Gasteiger partial charge in [0.05, 0.1) is 0 Å². The molecular formula is C13H23N3. The van der Waals surface area contributed by atoms with Crippen LogP contribution in [0.4, 0.5) is 0 Å². The molecule has 0 amide bonds. The molecule has 0 spiro atoms. The molecule has 0 aliphatic heterocycles. The Kier molecular flexibility index (Phi) is 3.99. The first-order valence-electron chi connectivity index (χ1n) is 6.47. The van der Waals surface area contributed by atoms with E-state index in [1.54, 1.807) is 0 Å². The van der Waals surface area contributed by atoms with Crippen molar-refractivity contribution in [3.8, 4) is 0 Å². The fourth-order valence-corrected chi connectivity index (χ4v) is 2.78. The van der Waals surface area contributed by atoms with Gasteiger partial charge in [0.2, 0.25) is 0 Å². The molecule has 1 aromatic rings. The molecule has 2 N–H and O–H groups in total. The van der Waals surface area contributed by atoms with Crippen molar-refractivity contribution < 1.29 is 0 Å². The van der Waals surface area contributed by atoms with Crippen molar-refractivity contribution in [1.82, 2.24) is 15.3 Å². The van der Waals surface area contributed by atoms with E-state index >= 15 is 0 Å². The van der Waals surface area contributed by atoms with Crippen LogP contribution in [0.3, 0.4) is 0 Å². The summed E-state index contributed by atoms with van der Waals surface area (Å²) in [5, 5.41) is 3.67. The van der Waals surface area contributed by atoms with E-state index in [9.17, 15) is 0 Å². The summed E-state index contributed by atoms with van der Waals surface area (Å²) in [7, 11) is 0. The van der Waals surface area contributed by atoms with Gasteiger partial charge in [-0.05, 0) is 31.1 Å². The first-order chi connectivity index (χ1) is 7.75. The third-order valence-corrected chi connectivity index (χ3v) is 3.75. The Hall–Kier alpha value is -0.830. The van der Waals surface area contributed by atoms with E-state index in [0.717, 1.165) is 30.6 Å². The third kappa shape index (κ3) is 3.08. The van der Waals surface area contributed by atoms with Crippen molar-refractivity contribution in [2.24, 2.45) is 11.8 Å². The van der Waals surface area contributed by atoms with Gasteiger partial charge in [-0.25, -0.2) is 4.98 Å². The molecule has 1 aromatic heterocycles. The normalized spacial score (nSPS) is 30.5. The summed E-state index contributed by atoms with van der Waals surface area (Å²) >= 11 is 0. The van der Waals surface area contributed by atoms with Crippen LogP contribution >= 0.6 is 0 Å². The Morgan fingerprint density at radius 2 is 2.31 bits per heavy atom. The number of hydrogen-bond donors (Lipinski definition) is 2. The Morgan fingerprint density at radius 1 is 1.44 bits per heavy atom. The lowest BCUT2D eigenvalue weighted by atomic mass is 9.80. The first kappa shape index (κ1) is 11.6. The van der Waals surface area contributed by atoms with Gasteiger partial charge in [-0.3, -0.25) is 0 Å². The number of nitrogens with one attached hydrogen (secondary N) is 2. The standard InChI is InChI=1S/C13H23N3/c1-10-3-4-12(11(2)9-10)14-6-5-13-15-7-8-16-13/h7-8,10-12,14H,3-6,9H2,1-2H3,(H,15,16). The summed E-state index contributed by atoms with van der Waals surface area (Å²) in [5.41, 5.74) is 0. The highest BCUT2D eigenvalue weighted by atomic mass is 14.9. The van der Waals surface area contributed by atoms with Gasteiger partial charge in [0.25, 0.3) is 0 Å². The van der Waals surface area contributed by atoms with Crippen LogP contribution in [0.25, 0.3) is 0 Å². The SMILES string of the molecule is CC1CCC(NCCc2ncc[nH]2)C(C)C1. The van der Waals surface area contributed by atoms with Crippen molar-refractivity contribution >= 4 is 0 Å². The van der Waals surface area contributed by atoms with Crippen LogP contribution in [0, 0.1) is 11.8 Å². The van der Waals surface area contributed by atoms with E-state index in [2.05, 4.69) is 29.1 Å². The number of aromatic amines is 1. The van der Waals surface area contributed by atoms with Crippen molar-refractivity contribution in [3.63, 3.8) is 0 Å². The molecular weight excluding hydrogens is 198 g/mol. The fraction of sp³-hybridized carbons (Fsp3) is 0.769. The van der Waals surface area contributed by atoms with Gasteiger partial charge < -0.3 is 10.3 Å². The number of nitrogens with zero attached hydrogens (tertiary/aromatic N) is 1. The Labute approximate surface area is 98.1 Å². The topological polar surface area (TPSA) is 40.7 Å². The van der Waals surface area contributed by atoms with Crippen molar-refractivity contribution in [3.05, 3.63) is 18.2 Å². The minimum absolute atomic E-state index is 0.714. The second kappa shape index (κ2) is 5.48. The van der Waals surface area contributed by atoms with Crippen molar-refractivity contribution in [2.45, 2.75) is 45.6 Å². The average Bonchev–Trinajstić information content (AvgIpc) is 2.74. The van der Waals surface area contributed by atoms with Crippen LogP contribution < -0.4 is 5.32 Å². The monoisotopic (exact) mass is 221 g/mol. The molecule has 1 aliphatic rings. The molecule has 0 aromatic carbocycles. The number of imidazole rings is 1. The van der Waals surface area contributed by atoms with Gasteiger partial charge >= 0.3 is 0 Å². The van der Waals surface area contributed by atoms with Crippen LogP contribution in [0.1, 0.15) is 38.9 Å². The highest BCUT2D eigenvalue weighted by Crippen LogP contribution is 2.28. The molecule has 3 atom stereocenters. The van der Waals surface area contributed by atoms with E-state index in [4.69, 9.17) is 0 Å². The Morgan fingerprint density at radius 3 is 3.00 bits per heavy atom. The number of H-pyrrole nitrogens is 1. The molecule has 90 valence electrons. The van der Waals surface area contributed by atoms with Gasteiger partial charge in [0.1, 0.15) is 5.82 Å². The van der Waals surface area contributed by atoms with Crippen LogP contribution in [0.2, 0.25) is 0 Å². The number of hydrogen-bond acceptors (Lipinski definition) is 2. The highest BCUT2D eigenvalue weighted by Gasteiger charge is 2.24. The predicted octanol–water partition coefficient (Wildman–Crippen LogP) is 2.37. The molecule has 3 nitrogen and oxygen atoms in total. The lowest BCUT2D eigenvalue weighted by Gasteiger charge is -2.33. The lowest BCUT2D eigenvalue weighted by molar-refractivity contribution is 0.229. The number of aromatic nitrogens is 2. The van der Waals surface area contributed by atoms with Gasteiger partial charge in [0.15, 0.2) is 0 Å². The summed E-state index contributed by atoms with van der Waals surface area (Å²) in [4.78, 5) is 7.38. The maximum absolute atomic E-state index is 4.23. The van der Waals surface area contributed by atoms with Gasteiger partial charge in [-0.2, -0.15) is 0 Å². The van der Waals surface area contributed by atoms with Crippen LogP contribution in [0.5, 0.6) is 0 Å². The Balaban J connectivity index is 1.69. The van der Waals surface area contributed by atoms with Crippen LogP contribution in [-0.2, 0) is 6.42 Å². The molecule has 2 rings (SSSR count). The van der Waals surface area contributed by atoms with E-state index in [-0.39, 0.29) is 0 Å². The second-order valence-electron chi connectivity index (χ2n) is 5.24. The zero-order valence-electron chi connectivity index (χ0n) is 10.4. The average molecular weight is 221 g/mol. The van der Waals surface area contributed by atoms with Crippen LogP contribution in [0.15, 0.2) is 12.4 Å². The van der Waals surface area contributed by atoms with Gasteiger partial charge in [-0.15, -0.1) is 0 Å². The molecule has 1 saturated carbocycles. The Bertz CT molecular complexity index is 294. The fourth-order valence-electron chi connectivity index (χ4n) is 2.78. The zero-order valence-corrected chi connectivity index (χ0v) is 10.4. The van der Waals surface area contributed by atoms with E-state index in [1.165, 1.54) is 19.3 Å². The van der Waals surface area contributed by atoms with Crippen LogP contribution in [-0.4, -0.2) is 22.6 Å². The molecule has 1 aliphatic carbocycles. The summed E-state index contributed by atoms with van der Waals surface area (Å²) in [6.07, 6.45) is 8.80. The maximum Gasteiger partial charge on any atom is 0.107 e. The third-order valence-electron chi connectivity index (χ3n) is 3.75. The zero-order chi connectivity index (χ0) is 11.4. The molecule has 1 heterocycles. The largest absolute Gasteiger partial charge is 0.349 e. The second-order valence-corrected chi connectivity index (χ2v) is 5.24. The minimum atomic E-state index is 0.714.